The number of ether oxygens (including phenoxy) is 1. The predicted molar refractivity (Wildman–Crippen MR) is 136 cm³/mol. The Kier molecular flexibility index (Phi) is 7.94. The van der Waals surface area contributed by atoms with E-state index in [-0.39, 0.29) is 0 Å². The van der Waals surface area contributed by atoms with Crippen molar-refractivity contribution in [3.63, 3.8) is 0 Å². The molecule has 168 valence electrons. The van der Waals surface area contributed by atoms with Crippen LogP contribution in [0.5, 0.6) is 11.5 Å². The molecule has 0 spiro atoms. The highest BCUT2D eigenvalue weighted by atomic mass is 35.5. The molecule has 0 bridgehead atoms. The van der Waals surface area contributed by atoms with Gasteiger partial charge in [-0.3, -0.25) is 4.79 Å². The Balaban J connectivity index is 0.000000173. The van der Waals surface area contributed by atoms with Crippen LogP contribution in [-0.2, 0) is 6.42 Å². The first-order valence-corrected chi connectivity index (χ1v) is 12.1. The van der Waals surface area contributed by atoms with Crippen molar-refractivity contribution in [3.8, 4) is 11.5 Å². The van der Waals surface area contributed by atoms with Crippen molar-refractivity contribution in [2.45, 2.75) is 11.3 Å². The Labute approximate surface area is 197 Å². The zero-order chi connectivity index (χ0) is 23.3. The lowest BCUT2D eigenvalue weighted by molar-refractivity contribution is 0.112. The molecule has 4 aromatic rings. The zero-order valence-corrected chi connectivity index (χ0v) is 20.2. The molecule has 5 rings (SSSR count). The Morgan fingerprint density at radius 2 is 1.91 bits per heavy atom. The van der Waals surface area contributed by atoms with E-state index < -0.39 is 0 Å². The lowest BCUT2D eigenvalue weighted by atomic mass is 10.0. The number of alkyl halides is 1. The van der Waals surface area contributed by atoms with Crippen molar-refractivity contribution in [1.29, 1.82) is 0 Å². The van der Waals surface area contributed by atoms with Crippen LogP contribution in [0.4, 0.5) is 5.69 Å². The number of methoxy groups -OCH3 is 1. The maximum Gasteiger partial charge on any atom is 0.166 e. The van der Waals surface area contributed by atoms with E-state index in [2.05, 4.69) is 34.6 Å². The fourth-order valence-electron chi connectivity index (χ4n) is 3.88. The lowest BCUT2D eigenvalue weighted by Crippen LogP contribution is -2.12. The first-order chi connectivity index (χ1) is 15.5. The molecule has 5 nitrogen and oxygen atoms in total. The summed E-state index contributed by atoms with van der Waals surface area (Å²) in [5, 5.41) is 13.1. The highest BCUT2D eigenvalue weighted by molar-refractivity contribution is 7.98. The number of phenolic OH excluding ortho intramolecular Hbond substituents is 1. The third-order valence-corrected chi connectivity index (χ3v) is 6.22. The number of hydrogen-bond acceptors (Lipinski definition) is 5. The maximum atomic E-state index is 10.5. The Morgan fingerprint density at radius 1 is 1.12 bits per heavy atom. The number of nitrogens with zero attached hydrogens (tertiary/aromatic N) is 1. The molecule has 32 heavy (non-hydrogen) atoms. The van der Waals surface area contributed by atoms with Gasteiger partial charge in [-0.1, -0.05) is 0 Å². The van der Waals surface area contributed by atoms with Crippen molar-refractivity contribution in [2.24, 2.45) is 0 Å². The summed E-state index contributed by atoms with van der Waals surface area (Å²) >= 11 is 6.34. The molecule has 1 aromatic heterocycles. The standard InChI is InChI=1S/C14H15NO2.C10H9NOS.CH3Cl/c1-15-6-5-10-12-7-9(17-2)3-4-11(12)14(16)8-13(10)15;1-13-9-2-3-10-7(5-9)4-8(6-12)11-10;1-2/h3-4,7-8,16H,5-6H2,1-2H3;2-6,11H,1H3;1H3. The van der Waals surface area contributed by atoms with Crippen molar-refractivity contribution >= 4 is 57.0 Å². The number of rotatable bonds is 3. The smallest absolute Gasteiger partial charge is 0.166 e. The van der Waals surface area contributed by atoms with E-state index in [1.165, 1.54) is 16.8 Å². The third kappa shape index (κ3) is 4.81. The molecular formula is C25H27ClN2O3S. The summed E-state index contributed by atoms with van der Waals surface area (Å²) in [6, 6.07) is 15.6. The molecule has 2 N–H and O–H groups in total. The molecule has 0 aliphatic carbocycles. The number of H-pyrrole nitrogens is 1. The minimum atomic E-state index is 0.343. The number of nitrogens with one attached hydrogen (secondary N) is 1. The number of phenols is 1. The Bertz CT molecular complexity index is 1240. The number of aromatic amines is 1. The molecule has 0 saturated carbocycles. The lowest BCUT2D eigenvalue weighted by Gasteiger charge is -2.14. The number of thioether (sulfide) groups is 1. The van der Waals surface area contributed by atoms with Gasteiger partial charge in [-0.15, -0.1) is 23.4 Å². The van der Waals surface area contributed by atoms with E-state index in [1.54, 1.807) is 18.9 Å². The van der Waals surface area contributed by atoms with Crippen LogP contribution < -0.4 is 9.64 Å². The number of benzene rings is 3. The van der Waals surface area contributed by atoms with Crippen LogP contribution in [0.1, 0.15) is 16.1 Å². The van der Waals surface area contributed by atoms with Gasteiger partial charge in [0, 0.05) is 52.9 Å². The number of aromatic nitrogens is 1. The van der Waals surface area contributed by atoms with Gasteiger partial charge in [0.15, 0.2) is 6.29 Å². The molecule has 2 heterocycles. The molecule has 0 saturated heterocycles. The fraction of sp³-hybridized carbons (Fsp3) is 0.240. The normalized spacial score (nSPS) is 12.0. The number of hydrogen-bond donors (Lipinski definition) is 2. The number of carbonyl (C=O) groups is 1. The summed E-state index contributed by atoms with van der Waals surface area (Å²) < 4.78 is 5.25. The van der Waals surface area contributed by atoms with Gasteiger partial charge >= 0.3 is 0 Å². The Hall–Kier alpha value is -2.83. The molecule has 0 fully saturated rings. The number of fused-ring (bicyclic) bond motifs is 4. The van der Waals surface area contributed by atoms with E-state index in [0.29, 0.717) is 11.4 Å². The van der Waals surface area contributed by atoms with Gasteiger partial charge in [-0.2, -0.15) is 0 Å². The third-order valence-electron chi connectivity index (χ3n) is 5.49. The van der Waals surface area contributed by atoms with E-state index in [1.807, 2.05) is 48.7 Å². The van der Waals surface area contributed by atoms with E-state index in [4.69, 9.17) is 4.74 Å². The summed E-state index contributed by atoms with van der Waals surface area (Å²) in [4.78, 5) is 16.9. The first kappa shape index (κ1) is 23.8. The van der Waals surface area contributed by atoms with Crippen LogP contribution in [0.2, 0.25) is 0 Å². The predicted octanol–water partition coefficient (Wildman–Crippen LogP) is 6.10. The van der Waals surface area contributed by atoms with Crippen LogP contribution in [0.25, 0.3) is 21.7 Å². The molecule has 0 atom stereocenters. The molecular weight excluding hydrogens is 444 g/mol. The van der Waals surface area contributed by atoms with Gasteiger partial charge in [0.2, 0.25) is 0 Å². The summed E-state index contributed by atoms with van der Waals surface area (Å²) in [6.45, 7) is 1.01. The van der Waals surface area contributed by atoms with Crippen molar-refractivity contribution in [1.82, 2.24) is 4.98 Å². The summed E-state index contributed by atoms with van der Waals surface area (Å²) in [6.07, 6.45) is 5.36. The van der Waals surface area contributed by atoms with Crippen molar-refractivity contribution in [3.05, 3.63) is 59.8 Å². The quantitative estimate of drug-likeness (QED) is 0.215. The minimum Gasteiger partial charge on any atom is -0.507 e. The van der Waals surface area contributed by atoms with Crippen molar-refractivity contribution < 1.29 is 14.6 Å². The van der Waals surface area contributed by atoms with Crippen LogP contribution in [0, 0.1) is 0 Å². The summed E-state index contributed by atoms with van der Waals surface area (Å²) in [5.74, 6) is 1.18. The summed E-state index contributed by atoms with van der Waals surface area (Å²) in [7, 11) is 3.72. The number of aromatic hydroxyl groups is 1. The average molecular weight is 471 g/mol. The molecule has 0 radical (unpaired) electrons. The number of anilines is 1. The second-order valence-corrected chi connectivity index (χ2v) is 8.15. The largest absolute Gasteiger partial charge is 0.507 e. The van der Waals surface area contributed by atoms with Gasteiger partial charge < -0.3 is 19.7 Å². The van der Waals surface area contributed by atoms with Crippen LogP contribution in [0.3, 0.4) is 0 Å². The van der Waals surface area contributed by atoms with Crippen molar-refractivity contribution in [2.75, 3.05) is 38.2 Å². The first-order valence-electron chi connectivity index (χ1n) is 10.1. The van der Waals surface area contributed by atoms with Crippen LogP contribution >= 0.6 is 23.4 Å². The Morgan fingerprint density at radius 3 is 2.59 bits per heavy atom. The SMILES string of the molecule is CCl.COc1ccc2c(O)cc3c(c2c1)CCN3C.CSc1ccc2[nH]c(C=O)cc2c1. The highest BCUT2D eigenvalue weighted by Gasteiger charge is 2.20. The fourth-order valence-corrected chi connectivity index (χ4v) is 4.33. The summed E-state index contributed by atoms with van der Waals surface area (Å²) in [5.41, 5.74) is 4.08. The number of carbonyl (C=O) groups excluding carboxylic acids is 1. The van der Waals surface area contributed by atoms with Gasteiger partial charge in [0.1, 0.15) is 11.5 Å². The van der Waals surface area contributed by atoms with E-state index in [0.717, 1.165) is 52.4 Å². The minimum absolute atomic E-state index is 0.343. The van der Waals surface area contributed by atoms with Crippen LogP contribution in [-0.4, -0.2) is 49.7 Å². The molecule has 1 aliphatic heterocycles. The molecule has 3 aromatic carbocycles. The number of likely N-dealkylation sites (N-methyl/N-ethyl adjacent to an activating group) is 1. The highest BCUT2D eigenvalue weighted by Crippen LogP contribution is 2.40. The second-order valence-electron chi connectivity index (χ2n) is 7.27. The number of aldehydes is 1. The van der Waals surface area contributed by atoms with Crippen LogP contribution in [0.15, 0.2) is 53.4 Å². The molecule has 0 unspecified atom stereocenters. The molecule has 1 aliphatic rings. The monoisotopic (exact) mass is 470 g/mol. The van der Waals surface area contributed by atoms with Gasteiger partial charge in [-0.25, -0.2) is 0 Å². The zero-order valence-electron chi connectivity index (χ0n) is 18.6. The van der Waals surface area contributed by atoms with Gasteiger partial charge in [-0.05, 0) is 66.1 Å². The topological polar surface area (TPSA) is 65.6 Å². The maximum absolute atomic E-state index is 10.5. The molecule has 7 heteroatoms. The van der Waals surface area contributed by atoms with Gasteiger partial charge in [0.05, 0.1) is 12.8 Å². The van der Waals surface area contributed by atoms with E-state index >= 15 is 0 Å². The van der Waals surface area contributed by atoms with E-state index in [9.17, 15) is 9.90 Å². The second kappa shape index (κ2) is 10.7. The molecule has 0 amide bonds. The number of halogens is 1. The average Bonchev–Trinajstić information content (AvgIpc) is 3.43. The van der Waals surface area contributed by atoms with Gasteiger partial charge in [0.25, 0.3) is 0 Å².